The van der Waals surface area contributed by atoms with Crippen LogP contribution in [0.3, 0.4) is 0 Å². The van der Waals surface area contributed by atoms with E-state index in [-0.39, 0.29) is 0 Å². The summed E-state index contributed by atoms with van der Waals surface area (Å²) in [6.07, 6.45) is 7.14. The summed E-state index contributed by atoms with van der Waals surface area (Å²) in [5, 5.41) is 12.1. The number of anilines is 2. The van der Waals surface area contributed by atoms with Crippen LogP contribution in [-0.4, -0.2) is 6.54 Å². The highest BCUT2D eigenvalue weighted by Crippen LogP contribution is 2.22. The second-order valence-electron chi connectivity index (χ2n) is 4.35. The van der Waals surface area contributed by atoms with Crippen LogP contribution in [-0.2, 0) is 0 Å². The number of allylic oxidation sites excluding steroid dienone is 1. The van der Waals surface area contributed by atoms with Gasteiger partial charge in [0.2, 0.25) is 0 Å². The molecule has 0 saturated carbocycles. The van der Waals surface area contributed by atoms with E-state index in [1.54, 1.807) is 18.2 Å². The van der Waals surface area contributed by atoms with Gasteiger partial charge in [-0.15, -0.1) is 0 Å². The van der Waals surface area contributed by atoms with Gasteiger partial charge in [0, 0.05) is 6.54 Å². The highest BCUT2D eigenvalue weighted by molar-refractivity contribution is 5.68. The highest BCUT2D eigenvalue weighted by Gasteiger charge is 2.05. The van der Waals surface area contributed by atoms with Crippen molar-refractivity contribution in [3.63, 3.8) is 0 Å². The lowest BCUT2D eigenvalue weighted by Gasteiger charge is -2.09. The molecule has 0 fully saturated rings. The Morgan fingerprint density at radius 2 is 2.29 bits per heavy atom. The number of nitriles is 1. The Hall–Kier alpha value is -1.95. The quantitative estimate of drug-likeness (QED) is 0.614. The Morgan fingerprint density at radius 3 is 3.00 bits per heavy atom. The van der Waals surface area contributed by atoms with Gasteiger partial charge in [0.1, 0.15) is 0 Å². The summed E-state index contributed by atoms with van der Waals surface area (Å²) in [7, 11) is 0. The lowest BCUT2D eigenvalue weighted by atomic mass is 10.1. The first-order chi connectivity index (χ1) is 8.29. The average molecular weight is 227 g/mol. The monoisotopic (exact) mass is 227 g/mol. The number of nitrogens with two attached hydrogens (primary N) is 1. The second-order valence-corrected chi connectivity index (χ2v) is 4.35. The molecule has 1 aromatic rings. The lowest BCUT2D eigenvalue weighted by molar-refractivity contribution is 0.863. The largest absolute Gasteiger partial charge is 0.397 e. The molecule has 88 valence electrons. The van der Waals surface area contributed by atoms with Crippen molar-refractivity contribution >= 4 is 11.4 Å². The van der Waals surface area contributed by atoms with Crippen LogP contribution in [0, 0.1) is 11.3 Å². The van der Waals surface area contributed by atoms with Crippen molar-refractivity contribution in [2.24, 2.45) is 0 Å². The summed E-state index contributed by atoms with van der Waals surface area (Å²) in [6.45, 7) is 0.880. The molecule has 0 unspecified atom stereocenters. The predicted molar refractivity (Wildman–Crippen MR) is 70.6 cm³/mol. The van der Waals surface area contributed by atoms with Crippen LogP contribution in [0.2, 0.25) is 0 Å². The van der Waals surface area contributed by atoms with E-state index in [1.165, 1.54) is 24.8 Å². The Bertz CT molecular complexity index is 469. The van der Waals surface area contributed by atoms with E-state index >= 15 is 0 Å². The highest BCUT2D eigenvalue weighted by atomic mass is 14.9. The summed E-state index contributed by atoms with van der Waals surface area (Å²) in [4.78, 5) is 0. The van der Waals surface area contributed by atoms with Gasteiger partial charge in [-0.25, -0.2) is 0 Å². The van der Waals surface area contributed by atoms with E-state index in [9.17, 15) is 0 Å². The molecule has 0 aliphatic heterocycles. The molecule has 17 heavy (non-hydrogen) atoms. The van der Waals surface area contributed by atoms with Crippen molar-refractivity contribution in [3.05, 3.63) is 35.4 Å². The second kappa shape index (κ2) is 5.40. The molecule has 3 heteroatoms. The molecule has 1 aliphatic carbocycles. The third-order valence-electron chi connectivity index (χ3n) is 3.08. The SMILES string of the molecule is N#Cc1ccc(N)c(NCCC2=CCCC2)c1. The maximum Gasteiger partial charge on any atom is 0.0992 e. The molecular weight excluding hydrogens is 210 g/mol. The third-order valence-corrected chi connectivity index (χ3v) is 3.08. The van der Waals surface area contributed by atoms with Crippen molar-refractivity contribution in [3.8, 4) is 6.07 Å². The van der Waals surface area contributed by atoms with Crippen molar-refractivity contribution in [1.29, 1.82) is 5.26 Å². The fraction of sp³-hybridized carbons (Fsp3) is 0.357. The zero-order chi connectivity index (χ0) is 12.1. The minimum Gasteiger partial charge on any atom is -0.397 e. The van der Waals surface area contributed by atoms with Gasteiger partial charge in [-0.2, -0.15) is 5.26 Å². The van der Waals surface area contributed by atoms with Crippen molar-refractivity contribution in [1.82, 2.24) is 0 Å². The molecule has 0 saturated heterocycles. The summed E-state index contributed by atoms with van der Waals surface area (Å²) < 4.78 is 0. The fourth-order valence-electron chi connectivity index (χ4n) is 2.10. The molecule has 0 aromatic heterocycles. The van der Waals surface area contributed by atoms with Gasteiger partial charge >= 0.3 is 0 Å². The van der Waals surface area contributed by atoms with E-state index in [0.717, 1.165) is 18.7 Å². The molecule has 1 aliphatic rings. The van der Waals surface area contributed by atoms with Crippen LogP contribution in [0.25, 0.3) is 0 Å². The smallest absolute Gasteiger partial charge is 0.0992 e. The number of nitrogens with zero attached hydrogens (tertiary/aromatic N) is 1. The van der Waals surface area contributed by atoms with Crippen molar-refractivity contribution < 1.29 is 0 Å². The first-order valence-corrected chi connectivity index (χ1v) is 6.01. The van der Waals surface area contributed by atoms with Gasteiger partial charge in [-0.1, -0.05) is 11.6 Å². The van der Waals surface area contributed by atoms with Gasteiger partial charge in [0.15, 0.2) is 0 Å². The number of hydrogen-bond donors (Lipinski definition) is 2. The third kappa shape index (κ3) is 3.01. The molecule has 0 heterocycles. The molecule has 3 nitrogen and oxygen atoms in total. The number of rotatable bonds is 4. The number of nitrogens with one attached hydrogen (secondary N) is 1. The molecule has 0 bridgehead atoms. The maximum absolute atomic E-state index is 8.82. The van der Waals surface area contributed by atoms with E-state index in [1.807, 2.05) is 0 Å². The lowest BCUT2D eigenvalue weighted by Crippen LogP contribution is -2.05. The van der Waals surface area contributed by atoms with Crippen LogP contribution in [0.1, 0.15) is 31.2 Å². The van der Waals surface area contributed by atoms with E-state index < -0.39 is 0 Å². The molecule has 1 aromatic carbocycles. The molecule has 0 radical (unpaired) electrons. The molecule has 0 amide bonds. The summed E-state index contributed by atoms with van der Waals surface area (Å²) in [5.41, 5.74) is 9.59. The molecule has 0 spiro atoms. The summed E-state index contributed by atoms with van der Waals surface area (Å²) in [5.74, 6) is 0. The fourth-order valence-corrected chi connectivity index (χ4v) is 2.10. The Kier molecular flexibility index (Phi) is 3.66. The topological polar surface area (TPSA) is 61.8 Å². The zero-order valence-electron chi connectivity index (χ0n) is 9.87. The van der Waals surface area contributed by atoms with Crippen LogP contribution < -0.4 is 11.1 Å². The van der Waals surface area contributed by atoms with Crippen LogP contribution >= 0.6 is 0 Å². The molecular formula is C14H17N3. The van der Waals surface area contributed by atoms with Gasteiger partial charge < -0.3 is 11.1 Å². The van der Waals surface area contributed by atoms with Crippen LogP contribution in [0.5, 0.6) is 0 Å². The number of hydrogen-bond acceptors (Lipinski definition) is 3. The van der Waals surface area contributed by atoms with Crippen molar-refractivity contribution in [2.75, 3.05) is 17.6 Å². The Labute approximate surface area is 102 Å². The van der Waals surface area contributed by atoms with Gasteiger partial charge in [0.05, 0.1) is 23.0 Å². The number of benzene rings is 1. The average Bonchev–Trinajstić information content (AvgIpc) is 2.84. The van der Waals surface area contributed by atoms with Crippen LogP contribution in [0.4, 0.5) is 11.4 Å². The normalized spacial score (nSPS) is 14.2. The van der Waals surface area contributed by atoms with Crippen molar-refractivity contribution in [2.45, 2.75) is 25.7 Å². The van der Waals surface area contributed by atoms with E-state index in [4.69, 9.17) is 11.0 Å². The van der Waals surface area contributed by atoms with Crippen LogP contribution in [0.15, 0.2) is 29.8 Å². The minimum atomic E-state index is 0.641. The Morgan fingerprint density at radius 1 is 1.41 bits per heavy atom. The molecule has 2 rings (SSSR count). The van der Waals surface area contributed by atoms with E-state index in [0.29, 0.717) is 11.3 Å². The van der Waals surface area contributed by atoms with Gasteiger partial charge in [-0.05, 0) is 43.9 Å². The first-order valence-electron chi connectivity index (χ1n) is 6.01. The standard InChI is InChI=1S/C14H17N3/c15-10-12-5-6-13(16)14(9-12)17-8-7-11-3-1-2-4-11/h3,5-6,9,17H,1-2,4,7-8,16H2. The molecule has 3 N–H and O–H groups in total. The zero-order valence-corrected chi connectivity index (χ0v) is 9.87. The Balaban J connectivity index is 1.92. The van der Waals surface area contributed by atoms with Gasteiger partial charge in [-0.3, -0.25) is 0 Å². The minimum absolute atomic E-state index is 0.641. The maximum atomic E-state index is 8.82. The summed E-state index contributed by atoms with van der Waals surface area (Å²) in [6, 6.07) is 7.43. The first kappa shape index (κ1) is 11.5. The van der Waals surface area contributed by atoms with Gasteiger partial charge in [0.25, 0.3) is 0 Å². The molecule has 0 atom stereocenters. The summed E-state index contributed by atoms with van der Waals surface area (Å²) >= 11 is 0. The number of nitrogen functional groups attached to an aromatic ring is 1. The predicted octanol–water partition coefficient (Wildman–Crippen LogP) is 3.05. The van der Waals surface area contributed by atoms with E-state index in [2.05, 4.69) is 17.5 Å².